The van der Waals surface area contributed by atoms with Crippen molar-refractivity contribution in [1.29, 1.82) is 0 Å². The molecule has 0 aromatic carbocycles. The van der Waals surface area contributed by atoms with E-state index in [2.05, 4.69) is 10.0 Å². The molecule has 1 aromatic heterocycles. The first kappa shape index (κ1) is 16.5. The van der Waals surface area contributed by atoms with Crippen molar-refractivity contribution in [2.45, 2.75) is 43.2 Å². The van der Waals surface area contributed by atoms with E-state index >= 15 is 0 Å². The predicted molar refractivity (Wildman–Crippen MR) is 81.6 cm³/mol. The van der Waals surface area contributed by atoms with Gasteiger partial charge in [-0.25, -0.2) is 13.1 Å². The molecule has 0 atom stereocenters. The third-order valence-electron chi connectivity index (χ3n) is 3.80. The summed E-state index contributed by atoms with van der Waals surface area (Å²) in [5.74, 6) is 0. The molecule has 0 spiro atoms. The largest absolute Gasteiger partial charge is 0.377 e. The quantitative estimate of drug-likeness (QED) is 0.702. The molecule has 2 rings (SSSR count). The minimum Gasteiger partial charge on any atom is -0.377 e. The van der Waals surface area contributed by atoms with Crippen molar-refractivity contribution < 1.29 is 13.2 Å². The molecule has 7 heteroatoms. The minimum atomic E-state index is -3.45. The summed E-state index contributed by atoms with van der Waals surface area (Å²) in [7, 11) is 0.221. The fraction of sp³-hybridized carbons (Fsp3) is 0.714. The fourth-order valence-corrected chi connectivity index (χ4v) is 3.73. The molecular weight excluding hydrogens is 290 g/mol. The van der Waals surface area contributed by atoms with Gasteiger partial charge in [-0.1, -0.05) is 12.8 Å². The molecule has 1 fully saturated rings. The van der Waals surface area contributed by atoms with Gasteiger partial charge in [0.25, 0.3) is 0 Å². The first-order valence-corrected chi connectivity index (χ1v) is 8.92. The molecule has 0 unspecified atom stereocenters. The van der Waals surface area contributed by atoms with Crippen molar-refractivity contribution in [3.8, 4) is 0 Å². The van der Waals surface area contributed by atoms with Gasteiger partial charge < -0.3 is 14.6 Å². The van der Waals surface area contributed by atoms with E-state index in [0.29, 0.717) is 30.7 Å². The molecule has 0 saturated heterocycles. The first-order valence-electron chi connectivity index (χ1n) is 7.44. The maximum absolute atomic E-state index is 12.2. The summed E-state index contributed by atoms with van der Waals surface area (Å²) < 4.78 is 34.5. The molecule has 0 amide bonds. The van der Waals surface area contributed by atoms with Crippen molar-refractivity contribution in [2.24, 2.45) is 7.05 Å². The lowest BCUT2D eigenvalue weighted by Gasteiger charge is -2.11. The van der Waals surface area contributed by atoms with Gasteiger partial charge in [-0.3, -0.25) is 0 Å². The van der Waals surface area contributed by atoms with Gasteiger partial charge in [0, 0.05) is 32.0 Å². The second kappa shape index (κ2) is 7.40. The topological polar surface area (TPSA) is 72.4 Å². The number of nitrogens with one attached hydrogen (secondary N) is 2. The average molecular weight is 315 g/mol. The van der Waals surface area contributed by atoms with Crippen molar-refractivity contribution in [2.75, 3.05) is 20.2 Å². The highest BCUT2D eigenvalue weighted by atomic mass is 32.2. The molecule has 1 aromatic rings. The third-order valence-corrected chi connectivity index (χ3v) is 5.23. The van der Waals surface area contributed by atoms with E-state index in [-0.39, 0.29) is 0 Å². The van der Waals surface area contributed by atoms with Crippen molar-refractivity contribution in [1.82, 2.24) is 14.6 Å². The molecule has 2 N–H and O–H groups in total. The zero-order valence-electron chi connectivity index (χ0n) is 12.8. The Bertz CT molecular complexity index is 548. The summed E-state index contributed by atoms with van der Waals surface area (Å²) in [6, 6.07) is 1.69. The summed E-state index contributed by atoms with van der Waals surface area (Å²) in [6.45, 7) is 1.38. The zero-order chi connectivity index (χ0) is 15.3. The molecule has 0 bridgehead atoms. The Kier molecular flexibility index (Phi) is 5.80. The Morgan fingerprint density at radius 2 is 2.10 bits per heavy atom. The Morgan fingerprint density at radius 3 is 2.76 bits per heavy atom. The molecule has 1 heterocycles. The number of nitrogens with zero attached hydrogens (tertiary/aromatic N) is 1. The number of aromatic nitrogens is 1. The van der Waals surface area contributed by atoms with E-state index in [9.17, 15) is 8.42 Å². The minimum absolute atomic E-state index is 0.302. The normalized spacial score (nSPS) is 16.7. The monoisotopic (exact) mass is 315 g/mol. The van der Waals surface area contributed by atoms with Gasteiger partial charge in [0.15, 0.2) is 0 Å². The summed E-state index contributed by atoms with van der Waals surface area (Å²) in [5.41, 5.74) is 0.931. The maximum Gasteiger partial charge on any atom is 0.242 e. The van der Waals surface area contributed by atoms with Crippen LogP contribution in [0.1, 0.15) is 31.4 Å². The lowest BCUT2D eigenvalue weighted by molar-refractivity contribution is 0.0626. The molecule has 21 heavy (non-hydrogen) atoms. The van der Waals surface area contributed by atoms with Crippen LogP contribution in [0.15, 0.2) is 17.2 Å². The Labute approximate surface area is 126 Å². The standard InChI is InChI=1S/C14H25N3O3S/c1-15-10-12-9-14(11-17(12)2)21(18,19)16-7-8-20-13-5-3-4-6-13/h9,11,13,15-16H,3-8,10H2,1-2H3. The van der Waals surface area contributed by atoms with Gasteiger partial charge in [-0.15, -0.1) is 0 Å². The van der Waals surface area contributed by atoms with Crippen LogP contribution in [0.5, 0.6) is 0 Å². The summed E-state index contributed by atoms with van der Waals surface area (Å²) >= 11 is 0. The van der Waals surface area contributed by atoms with Crippen LogP contribution in [-0.2, 0) is 28.4 Å². The summed E-state index contributed by atoms with van der Waals surface area (Å²) in [6.07, 6.45) is 6.57. The van der Waals surface area contributed by atoms with Crippen LogP contribution in [0.25, 0.3) is 0 Å². The number of aryl methyl sites for hydroxylation is 1. The van der Waals surface area contributed by atoms with Crippen LogP contribution in [0.3, 0.4) is 0 Å². The highest BCUT2D eigenvalue weighted by molar-refractivity contribution is 7.89. The van der Waals surface area contributed by atoms with Gasteiger partial charge in [0.05, 0.1) is 17.6 Å². The molecule has 1 aliphatic rings. The highest BCUT2D eigenvalue weighted by Gasteiger charge is 2.18. The van der Waals surface area contributed by atoms with Crippen molar-refractivity contribution >= 4 is 10.0 Å². The van der Waals surface area contributed by atoms with Gasteiger partial charge in [-0.05, 0) is 26.0 Å². The predicted octanol–water partition coefficient (Wildman–Crippen LogP) is 0.982. The van der Waals surface area contributed by atoms with Gasteiger partial charge in [-0.2, -0.15) is 0 Å². The number of hydrogen-bond acceptors (Lipinski definition) is 4. The molecular formula is C14H25N3O3S. The average Bonchev–Trinajstić information content (AvgIpc) is 3.06. The summed E-state index contributed by atoms with van der Waals surface area (Å²) in [4.78, 5) is 0.302. The molecule has 120 valence electrons. The SMILES string of the molecule is CNCc1cc(S(=O)(=O)NCCOC2CCCC2)cn1C. The van der Waals surface area contributed by atoms with Gasteiger partial charge in [0.1, 0.15) is 0 Å². The van der Waals surface area contributed by atoms with E-state index in [4.69, 9.17) is 4.74 Å². The van der Waals surface area contributed by atoms with E-state index in [1.54, 1.807) is 12.3 Å². The van der Waals surface area contributed by atoms with E-state index in [1.807, 2.05) is 18.7 Å². The molecule has 6 nitrogen and oxygen atoms in total. The number of sulfonamides is 1. The second-order valence-electron chi connectivity index (χ2n) is 5.48. The molecule has 0 aliphatic heterocycles. The van der Waals surface area contributed by atoms with Crippen LogP contribution < -0.4 is 10.0 Å². The van der Waals surface area contributed by atoms with Crippen LogP contribution in [-0.4, -0.2) is 39.3 Å². The van der Waals surface area contributed by atoms with Crippen LogP contribution in [0, 0.1) is 0 Å². The smallest absolute Gasteiger partial charge is 0.242 e. The van der Waals surface area contributed by atoms with E-state index in [0.717, 1.165) is 18.5 Å². The van der Waals surface area contributed by atoms with E-state index in [1.165, 1.54) is 12.8 Å². The Hall–Kier alpha value is -0.890. The lowest BCUT2D eigenvalue weighted by atomic mass is 10.3. The first-order chi connectivity index (χ1) is 10.0. The maximum atomic E-state index is 12.2. The fourth-order valence-electron chi connectivity index (χ4n) is 2.62. The van der Waals surface area contributed by atoms with Crippen molar-refractivity contribution in [3.63, 3.8) is 0 Å². The van der Waals surface area contributed by atoms with E-state index < -0.39 is 10.0 Å². The number of ether oxygens (including phenoxy) is 1. The zero-order valence-corrected chi connectivity index (χ0v) is 13.6. The van der Waals surface area contributed by atoms with Crippen LogP contribution >= 0.6 is 0 Å². The third kappa shape index (κ3) is 4.54. The Morgan fingerprint density at radius 1 is 1.38 bits per heavy atom. The highest BCUT2D eigenvalue weighted by Crippen LogP contribution is 2.20. The molecule has 0 radical (unpaired) electrons. The van der Waals surface area contributed by atoms with Crippen LogP contribution in [0.2, 0.25) is 0 Å². The molecule has 1 aliphatic carbocycles. The lowest BCUT2D eigenvalue weighted by Crippen LogP contribution is -2.28. The van der Waals surface area contributed by atoms with Crippen LogP contribution in [0.4, 0.5) is 0 Å². The van der Waals surface area contributed by atoms with Gasteiger partial charge in [0.2, 0.25) is 10.0 Å². The number of rotatable bonds is 8. The van der Waals surface area contributed by atoms with Gasteiger partial charge >= 0.3 is 0 Å². The summed E-state index contributed by atoms with van der Waals surface area (Å²) in [5, 5.41) is 3.02. The van der Waals surface area contributed by atoms with Crippen molar-refractivity contribution in [3.05, 3.63) is 18.0 Å². The Balaban J connectivity index is 1.84. The second-order valence-corrected chi connectivity index (χ2v) is 7.25. The molecule has 1 saturated carbocycles. The number of hydrogen-bond donors (Lipinski definition) is 2.